The van der Waals surface area contributed by atoms with Crippen LogP contribution in [-0.4, -0.2) is 42.8 Å². The fraction of sp³-hybridized carbons (Fsp3) is 0.529. The van der Waals surface area contributed by atoms with E-state index in [0.29, 0.717) is 43.2 Å². The molecule has 0 heterocycles. The van der Waals surface area contributed by atoms with E-state index in [1.54, 1.807) is 24.5 Å². The van der Waals surface area contributed by atoms with Crippen molar-refractivity contribution in [2.24, 2.45) is 4.99 Å². The highest BCUT2D eigenvalue weighted by atomic mass is 28.5. The first-order valence-corrected chi connectivity index (χ1v) is 23.9. The Labute approximate surface area is 274 Å². The second-order valence-corrected chi connectivity index (χ2v) is 25.3. The topological polar surface area (TPSA) is 115 Å². The molecule has 0 aliphatic carbocycles. The number of rotatable bonds is 18. The zero-order valence-electron chi connectivity index (χ0n) is 27.0. The molecule has 0 saturated heterocycles. The second kappa shape index (κ2) is 18.9. The Morgan fingerprint density at radius 2 is 1.31 bits per heavy atom. The van der Waals surface area contributed by atoms with Crippen LogP contribution in [0.3, 0.4) is 0 Å². The van der Waals surface area contributed by atoms with Crippen molar-refractivity contribution in [2.75, 3.05) is 0 Å². The van der Waals surface area contributed by atoms with Gasteiger partial charge in [-0.1, -0.05) is 45.5 Å². The lowest BCUT2D eigenvalue weighted by molar-refractivity contribution is -0.119. The van der Waals surface area contributed by atoms with Crippen molar-refractivity contribution < 1.29 is 27.4 Å². The summed E-state index contributed by atoms with van der Waals surface area (Å²) in [5, 5.41) is 8.82. The summed E-state index contributed by atoms with van der Waals surface area (Å²) >= 11 is 0. The number of benzene rings is 2. The minimum Gasteiger partial charge on any atom is -0.437 e. The highest BCUT2D eigenvalue weighted by Gasteiger charge is 2.39. The van der Waals surface area contributed by atoms with Crippen LogP contribution in [0, 0.1) is 25.4 Å². The van der Waals surface area contributed by atoms with Gasteiger partial charge >= 0.3 is 8.56 Å². The maximum absolute atomic E-state index is 12.8. The number of hydrogen-bond donors (Lipinski definition) is 0. The molecule has 0 amide bonds. The van der Waals surface area contributed by atoms with Crippen LogP contribution in [0.5, 0.6) is 5.75 Å². The lowest BCUT2D eigenvalue weighted by atomic mass is 10.0. The standard InChI is InChI=1S/C32H46N2O6Si3.2CH4/c1-25-12-14-27(21-31(25)34-24-35)19-29(36)11-9-10-17-41(3,4)39-43(7,8)40-42(5,6)18-16-30(37)20-28-15-13-26(2)32(22-28)38-23-33;;/h12-15,21-22H,9-11,16-20H2,1-8H3;2*1H4. The van der Waals surface area contributed by atoms with Crippen LogP contribution in [0.15, 0.2) is 41.4 Å². The van der Waals surface area contributed by atoms with Crippen LogP contribution in [-0.2, 0) is 35.5 Å². The Hall–Kier alpha value is -2.98. The lowest BCUT2D eigenvalue weighted by Gasteiger charge is -2.38. The SMILES string of the molecule is C.C.Cc1ccc(CC(=O)CCCC[Si](C)(C)O[Si](C)(C)O[Si](C)(C)CCC(=O)Cc2ccc(C)c(OC#N)c2)cc1N=C=O. The molecular weight excluding hydrogens is 617 g/mol. The summed E-state index contributed by atoms with van der Waals surface area (Å²) in [5.74, 6) is 0.791. The van der Waals surface area contributed by atoms with Crippen LogP contribution in [0.2, 0.25) is 51.4 Å². The number of carbonyl (C=O) groups excluding carboxylic acids is 3. The van der Waals surface area contributed by atoms with Gasteiger partial charge in [-0.2, -0.15) is 4.99 Å². The molecule has 0 aliphatic rings. The number of aliphatic imine (C=N–C) groups is 1. The monoisotopic (exact) mass is 670 g/mol. The fourth-order valence-electron chi connectivity index (χ4n) is 5.25. The van der Waals surface area contributed by atoms with E-state index >= 15 is 0 Å². The maximum Gasteiger partial charge on any atom is 0.311 e. The molecule has 2 aromatic rings. The van der Waals surface area contributed by atoms with Crippen molar-refractivity contribution in [3.05, 3.63) is 58.7 Å². The van der Waals surface area contributed by atoms with Gasteiger partial charge < -0.3 is 13.0 Å². The van der Waals surface area contributed by atoms with Crippen molar-refractivity contribution in [2.45, 2.75) is 119 Å². The molecule has 8 nitrogen and oxygen atoms in total. The van der Waals surface area contributed by atoms with Crippen molar-refractivity contribution in [1.82, 2.24) is 0 Å². The molecule has 45 heavy (non-hydrogen) atoms. The van der Waals surface area contributed by atoms with E-state index in [1.165, 1.54) is 0 Å². The van der Waals surface area contributed by atoms with E-state index in [-0.39, 0.29) is 26.4 Å². The van der Waals surface area contributed by atoms with Crippen LogP contribution in [0.4, 0.5) is 5.69 Å². The van der Waals surface area contributed by atoms with Gasteiger partial charge in [0.05, 0.1) is 5.69 Å². The number of Topliss-reactive ketones (excluding diaryl/α,β-unsaturated/α-hetero) is 2. The first-order valence-electron chi connectivity index (χ1n) is 14.8. The average molecular weight is 671 g/mol. The molecular formula is C34H54N2O6Si3. The number of aryl methyl sites for hydroxylation is 2. The minimum atomic E-state index is -2.43. The molecule has 0 aromatic heterocycles. The molecule has 2 rings (SSSR count). The van der Waals surface area contributed by atoms with E-state index in [4.69, 9.17) is 18.2 Å². The number of unbranched alkanes of at least 4 members (excludes halogenated alkanes) is 1. The van der Waals surface area contributed by atoms with E-state index in [0.717, 1.165) is 41.1 Å². The lowest BCUT2D eigenvalue weighted by Crippen LogP contribution is -2.52. The molecule has 11 heteroatoms. The Morgan fingerprint density at radius 3 is 1.89 bits per heavy atom. The number of hydrogen-bond acceptors (Lipinski definition) is 8. The molecule has 248 valence electrons. The molecule has 0 N–H and O–H groups in total. The predicted octanol–water partition coefficient (Wildman–Crippen LogP) is 9.03. The van der Waals surface area contributed by atoms with Crippen molar-refractivity contribution in [1.29, 1.82) is 5.26 Å². The van der Waals surface area contributed by atoms with Gasteiger partial charge in [-0.15, -0.1) is 5.26 Å². The van der Waals surface area contributed by atoms with Gasteiger partial charge in [-0.25, -0.2) is 4.79 Å². The summed E-state index contributed by atoms with van der Waals surface area (Å²) in [6, 6.07) is 12.7. The molecule has 0 aliphatic heterocycles. The van der Waals surface area contributed by atoms with Gasteiger partial charge in [-0.05, 0) is 106 Å². The van der Waals surface area contributed by atoms with Crippen molar-refractivity contribution >= 4 is 48.5 Å². The van der Waals surface area contributed by atoms with E-state index in [1.807, 2.05) is 38.1 Å². The molecule has 0 spiro atoms. The van der Waals surface area contributed by atoms with Gasteiger partial charge in [-0.3, -0.25) is 9.59 Å². The van der Waals surface area contributed by atoms with E-state index in [2.05, 4.69) is 44.3 Å². The number of nitrogens with zero attached hydrogens (tertiary/aromatic N) is 2. The molecule has 0 atom stereocenters. The molecule has 0 radical (unpaired) electrons. The molecule has 0 bridgehead atoms. The Kier molecular flexibility index (Phi) is 17.6. The summed E-state index contributed by atoms with van der Waals surface area (Å²) in [5.41, 5.74) is 3.98. The van der Waals surface area contributed by atoms with Gasteiger partial charge in [0, 0.05) is 25.7 Å². The molecule has 2 aromatic carbocycles. The van der Waals surface area contributed by atoms with Gasteiger partial charge in [0.15, 0.2) is 16.6 Å². The largest absolute Gasteiger partial charge is 0.437 e. The number of carbonyl (C=O) groups is 2. The molecule has 0 unspecified atom stereocenters. The first-order chi connectivity index (χ1) is 20.0. The quantitative estimate of drug-likeness (QED) is 0.0511. The van der Waals surface area contributed by atoms with Crippen LogP contribution < -0.4 is 4.74 Å². The third kappa shape index (κ3) is 15.7. The van der Waals surface area contributed by atoms with Crippen LogP contribution in [0.25, 0.3) is 0 Å². The number of nitriles is 1. The van der Waals surface area contributed by atoms with Gasteiger partial charge in [0.1, 0.15) is 17.3 Å². The summed E-state index contributed by atoms with van der Waals surface area (Å²) in [7, 11) is -6.61. The number of isocyanates is 1. The first kappa shape index (κ1) is 42.0. The van der Waals surface area contributed by atoms with Crippen molar-refractivity contribution in [3.8, 4) is 12.0 Å². The highest BCUT2D eigenvalue weighted by molar-refractivity contribution is 6.87. The number of ether oxygens (including phenoxy) is 1. The molecule has 0 saturated carbocycles. The Bertz CT molecular complexity index is 1380. The molecule has 0 fully saturated rings. The van der Waals surface area contributed by atoms with Gasteiger partial charge in [0.25, 0.3) is 6.26 Å². The maximum atomic E-state index is 12.8. The zero-order chi connectivity index (χ0) is 32.3. The zero-order valence-corrected chi connectivity index (χ0v) is 30.0. The van der Waals surface area contributed by atoms with E-state index in [9.17, 15) is 14.4 Å². The smallest absolute Gasteiger partial charge is 0.311 e. The Balaban J connectivity index is 0.00000968. The van der Waals surface area contributed by atoms with Crippen molar-refractivity contribution in [3.63, 3.8) is 0 Å². The van der Waals surface area contributed by atoms with Gasteiger partial charge in [0.2, 0.25) is 6.08 Å². The van der Waals surface area contributed by atoms with E-state index < -0.39 is 25.2 Å². The third-order valence-electron chi connectivity index (χ3n) is 7.18. The minimum absolute atomic E-state index is 0. The average Bonchev–Trinajstić information content (AvgIpc) is 2.88. The summed E-state index contributed by atoms with van der Waals surface area (Å²) in [6.45, 7) is 16.6. The third-order valence-corrected chi connectivity index (χ3v) is 18.6. The van der Waals surface area contributed by atoms with Crippen LogP contribution in [0.1, 0.15) is 62.8 Å². The summed E-state index contributed by atoms with van der Waals surface area (Å²) in [6.07, 6.45) is 6.56. The highest BCUT2D eigenvalue weighted by Crippen LogP contribution is 2.28. The normalized spacial score (nSPS) is 11.4. The predicted molar refractivity (Wildman–Crippen MR) is 190 cm³/mol. The number of ketones is 2. The fourth-order valence-corrected chi connectivity index (χ4v) is 19.2. The summed E-state index contributed by atoms with van der Waals surface area (Å²) in [4.78, 5) is 39.7. The van der Waals surface area contributed by atoms with Crippen LogP contribution >= 0.6 is 0 Å². The summed E-state index contributed by atoms with van der Waals surface area (Å²) < 4.78 is 18.4. The Morgan fingerprint density at radius 1 is 0.778 bits per heavy atom. The second-order valence-electron chi connectivity index (χ2n) is 12.9.